The van der Waals surface area contributed by atoms with Gasteiger partial charge in [-0.1, -0.05) is 0 Å². The monoisotopic (exact) mass is 359 g/mol. The summed E-state index contributed by atoms with van der Waals surface area (Å²) in [5.41, 5.74) is 1.89. The Morgan fingerprint density at radius 3 is 2.56 bits per heavy atom. The number of imidazole rings is 1. The minimum Gasteiger partial charge on any atom is -0.449 e. The van der Waals surface area contributed by atoms with Crippen LogP contribution in [0, 0.1) is 13.8 Å². The van der Waals surface area contributed by atoms with E-state index in [4.69, 9.17) is 4.74 Å². The van der Waals surface area contributed by atoms with E-state index in [0.29, 0.717) is 22.3 Å². The number of hydrogen-bond acceptors (Lipinski definition) is 5. The number of benzene rings is 1. The summed E-state index contributed by atoms with van der Waals surface area (Å²) in [6.07, 6.45) is -0.951. The Morgan fingerprint density at radius 2 is 1.88 bits per heavy atom. The smallest absolute Gasteiger partial charge is 0.340 e. The van der Waals surface area contributed by atoms with Crippen molar-refractivity contribution in [2.24, 2.45) is 0 Å². The van der Waals surface area contributed by atoms with Gasteiger partial charge in [0.05, 0.1) is 16.6 Å². The standard InChI is InChI=1S/C17H17N3O4S/c1-8-6-12(10(3)25-8)16(22)24-9(2)15(21)18-11-4-5-13-14(7-11)20-17(23)19-13/h4-7,9H,1-3H3,(H,18,21)(H2,19,20,23)/t9-/m1/s1. The number of thiophene rings is 1. The van der Waals surface area contributed by atoms with E-state index in [2.05, 4.69) is 15.3 Å². The Labute approximate surface area is 147 Å². The SMILES string of the molecule is Cc1cc(C(=O)O[C@H](C)C(=O)Nc2ccc3[nH]c(=O)[nH]c3c2)c(C)s1. The van der Waals surface area contributed by atoms with E-state index in [0.717, 1.165) is 9.75 Å². The van der Waals surface area contributed by atoms with E-state index in [9.17, 15) is 14.4 Å². The molecule has 8 heteroatoms. The maximum atomic E-state index is 12.2. The number of aromatic nitrogens is 2. The molecule has 0 fully saturated rings. The summed E-state index contributed by atoms with van der Waals surface area (Å²) >= 11 is 1.51. The highest BCUT2D eigenvalue weighted by atomic mass is 32.1. The fraction of sp³-hybridized carbons (Fsp3) is 0.235. The Balaban J connectivity index is 1.68. The lowest BCUT2D eigenvalue weighted by molar-refractivity contribution is -0.123. The molecule has 0 aliphatic rings. The van der Waals surface area contributed by atoms with Gasteiger partial charge in [0.1, 0.15) is 0 Å². The average molecular weight is 359 g/mol. The highest BCUT2D eigenvalue weighted by molar-refractivity contribution is 7.12. The van der Waals surface area contributed by atoms with E-state index in [1.807, 2.05) is 13.8 Å². The number of fused-ring (bicyclic) bond motifs is 1. The molecule has 0 saturated heterocycles. The lowest BCUT2D eigenvalue weighted by Gasteiger charge is -2.13. The topological polar surface area (TPSA) is 104 Å². The lowest BCUT2D eigenvalue weighted by atomic mass is 10.2. The van der Waals surface area contributed by atoms with E-state index in [1.165, 1.54) is 18.3 Å². The van der Waals surface area contributed by atoms with Crippen LogP contribution in [0.2, 0.25) is 0 Å². The number of anilines is 1. The zero-order valence-electron chi connectivity index (χ0n) is 13.9. The molecule has 0 aliphatic carbocycles. The predicted molar refractivity (Wildman–Crippen MR) is 96.2 cm³/mol. The summed E-state index contributed by atoms with van der Waals surface area (Å²) in [5.74, 6) is -0.967. The second-order valence-corrected chi connectivity index (χ2v) is 7.16. The van der Waals surface area contributed by atoms with Crippen LogP contribution in [-0.4, -0.2) is 27.9 Å². The van der Waals surface area contributed by atoms with Gasteiger partial charge in [-0.05, 0) is 45.0 Å². The number of esters is 1. The largest absolute Gasteiger partial charge is 0.449 e. The third-order valence-corrected chi connectivity index (χ3v) is 4.66. The second kappa shape index (κ2) is 6.56. The molecule has 0 unspecified atom stereocenters. The number of aromatic amines is 2. The van der Waals surface area contributed by atoms with Crippen LogP contribution in [0.4, 0.5) is 5.69 Å². The molecule has 0 bridgehead atoms. The van der Waals surface area contributed by atoms with Gasteiger partial charge in [0.25, 0.3) is 5.91 Å². The molecular formula is C17H17N3O4S. The van der Waals surface area contributed by atoms with Crippen LogP contribution < -0.4 is 11.0 Å². The van der Waals surface area contributed by atoms with E-state index in [1.54, 1.807) is 24.3 Å². The van der Waals surface area contributed by atoms with Crippen molar-refractivity contribution in [1.29, 1.82) is 0 Å². The summed E-state index contributed by atoms with van der Waals surface area (Å²) < 4.78 is 5.25. The van der Waals surface area contributed by atoms with Crippen LogP contribution in [0.5, 0.6) is 0 Å². The van der Waals surface area contributed by atoms with Crippen molar-refractivity contribution in [3.63, 3.8) is 0 Å². The van der Waals surface area contributed by atoms with Crippen LogP contribution >= 0.6 is 11.3 Å². The first-order chi connectivity index (χ1) is 11.8. The molecule has 3 rings (SSSR count). The zero-order chi connectivity index (χ0) is 18.1. The molecule has 3 aromatic rings. The summed E-state index contributed by atoms with van der Waals surface area (Å²) in [6, 6.07) is 6.72. The molecule has 1 aromatic carbocycles. The minimum atomic E-state index is -0.951. The third kappa shape index (κ3) is 3.63. The minimum absolute atomic E-state index is 0.317. The van der Waals surface area contributed by atoms with Crippen LogP contribution in [-0.2, 0) is 9.53 Å². The van der Waals surface area contributed by atoms with Crippen molar-refractivity contribution in [1.82, 2.24) is 9.97 Å². The van der Waals surface area contributed by atoms with E-state index >= 15 is 0 Å². The molecule has 25 heavy (non-hydrogen) atoms. The quantitative estimate of drug-likeness (QED) is 0.623. The van der Waals surface area contributed by atoms with Crippen molar-refractivity contribution >= 4 is 39.9 Å². The fourth-order valence-electron chi connectivity index (χ4n) is 2.47. The second-order valence-electron chi connectivity index (χ2n) is 5.70. The third-order valence-electron chi connectivity index (χ3n) is 3.70. The van der Waals surface area contributed by atoms with Gasteiger partial charge < -0.3 is 20.0 Å². The summed E-state index contributed by atoms with van der Waals surface area (Å²) in [6.45, 7) is 5.26. The molecule has 0 radical (unpaired) electrons. The van der Waals surface area contributed by atoms with Gasteiger partial charge in [-0.25, -0.2) is 9.59 Å². The first kappa shape index (κ1) is 17.0. The Kier molecular flexibility index (Phi) is 4.45. The molecule has 7 nitrogen and oxygen atoms in total. The number of H-pyrrole nitrogens is 2. The van der Waals surface area contributed by atoms with Crippen molar-refractivity contribution < 1.29 is 14.3 Å². The number of carbonyl (C=O) groups is 2. The maximum absolute atomic E-state index is 12.2. The molecule has 3 N–H and O–H groups in total. The van der Waals surface area contributed by atoms with Crippen LogP contribution in [0.3, 0.4) is 0 Å². The Bertz CT molecular complexity index is 1010. The van der Waals surface area contributed by atoms with E-state index in [-0.39, 0.29) is 5.69 Å². The summed E-state index contributed by atoms with van der Waals surface area (Å²) in [4.78, 5) is 42.8. The Morgan fingerprint density at radius 1 is 1.16 bits per heavy atom. The molecular weight excluding hydrogens is 342 g/mol. The molecule has 2 heterocycles. The molecule has 0 aliphatic heterocycles. The van der Waals surface area contributed by atoms with Crippen molar-refractivity contribution in [2.75, 3.05) is 5.32 Å². The molecule has 1 atom stereocenters. The number of amides is 1. The first-order valence-electron chi connectivity index (χ1n) is 7.64. The van der Waals surface area contributed by atoms with Crippen molar-refractivity contribution in [3.05, 3.63) is 50.1 Å². The first-order valence-corrected chi connectivity index (χ1v) is 8.46. The molecule has 0 spiro atoms. The normalized spacial score (nSPS) is 12.1. The van der Waals surface area contributed by atoms with Gasteiger partial charge >= 0.3 is 11.7 Å². The highest BCUT2D eigenvalue weighted by Crippen LogP contribution is 2.22. The molecule has 130 valence electrons. The maximum Gasteiger partial charge on any atom is 0.340 e. The van der Waals surface area contributed by atoms with Gasteiger partial charge in [0.15, 0.2) is 6.10 Å². The number of rotatable bonds is 4. The van der Waals surface area contributed by atoms with Gasteiger partial charge in [0, 0.05) is 15.4 Å². The zero-order valence-corrected chi connectivity index (χ0v) is 14.7. The van der Waals surface area contributed by atoms with Crippen molar-refractivity contribution in [3.8, 4) is 0 Å². The summed E-state index contributed by atoms with van der Waals surface area (Å²) in [7, 11) is 0. The number of hydrogen-bond donors (Lipinski definition) is 3. The van der Waals surface area contributed by atoms with E-state index < -0.39 is 18.0 Å². The molecule has 2 aromatic heterocycles. The van der Waals surface area contributed by atoms with Gasteiger partial charge in [0.2, 0.25) is 0 Å². The molecule has 1 amide bonds. The predicted octanol–water partition coefficient (Wildman–Crippen LogP) is 2.72. The van der Waals surface area contributed by atoms with Gasteiger partial charge in [-0.15, -0.1) is 11.3 Å². The molecule has 0 saturated carbocycles. The number of nitrogens with one attached hydrogen (secondary N) is 3. The lowest BCUT2D eigenvalue weighted by Crippen LogP contribution is -2.30. The van der Waals surface area contributed by atoms with Crippen LogP contribution in [0.1, 0.15) is 27.0 Å². The van der Waals surface area contributed by atoms with Gasteiger partial charge in [-0.2, -0.15) is 0 Å². The van der Waals surface area contributed by atoms with Crippen LogP contribution in [0.15, 0.2) is 29.1 Å². The van der Waals surface area contributed by atoms with Gasteiger partial charge in [-0.3, -0.25) is 4.79 Å². The average Bonchev–Trinajstić information content (AvgIpc) is 3.07. The highest BCUT2D eigenvalue weighted by Gasteiger charge is 2.21. The fourth-order valence-corrected chi connectivity index (χ4v) is 3.38. The number of aryl methyl sites for hydroxylation is 2. The number of ether oxygens (including phenoxy) is 1. The summed E-state index contributed by atoms with van der Waals surface area (Å²) in [5, 5.41) is 2.67. The van der Waals surface area contributed by atoms with Crippen LogP contribution in [0.25, 0.3) is 11.0 Å². The Hall–Kier alpha value is -2.87. The van der Waals surface area contributed by atoms with Crippen molar-refractivity contribution in [2.45, 2.75) is 26.9 Å². The number of carbonyl (C=O) groups excluding carboxylic acids is 2.